The van der Waals surface area contributed by atoms with Gasteiger partial charge in [0.25, 0.3) is 0 Å². The molecule has 0 atom stereocenters. The minimum Gasteiger partial charge on any atom is -0.0654 e. The van der Waals surface area contributed by atoms with Crippen molar-refractivity contribution in [2.75, 3.05) is 0 Å². The molecule has 198 valence electrons. The highest BCUT2D eigenvalue weighted by atomic mass is 14.1. The van der Waals surface area contributed by atoms with E-state index in [1.54, 1.807) is 16.7 Å². The molecule has 0 saturated carbocycles. The van der Waals surface area contributed by atoms with Crippen molar-refractivity contribution in [1.29, 1.82) is 0 Å². The molecule has 0 N–H and O–H groups in total. The van der Waals surface area contributed by atoms with Gasteiger partial charge in [-0.05, 0) is 55.2 Å². The maximum Gasteiger partial charge on any atom is -0.0279 e. The molecule has 0 nitrogen and oxygen atoms in total. The van der Waals surface area contributed by atoms with Crippen LogP contribution in [0.5, 0.6) is 0 Å². The minimum absolute atomic E-state index is 1.27. The number of hydrogen-bond acceptors (Lipinski definition) is 0. The first-order valence-corrected chi connectivity index (χ1v) is 15.9. The lowest BCUT2D eigenvalue weighted by Gasteiger charge is -2.11. The Morgan fingerprint density at radius 3 is 0.824 bits per heavy atom. The third-order valence-electron chi connectivity index (χ3n) is 7.57. The van der Waals surface area contributed by atoms with Gasteiger partial charge in [0.05, 0.1) is 0 Å². The van der Waals surface area contributed by atoms with E-state index >= 15 is 0 Å². The summed E-state index contributed by atoms with van der Waals surface area (Å²) in [4.78, 5) is 0. The molecule has 0 saturated heterocycles. The monoisotopic (exact) mass is 470 g/mol. The summed E-state index contributed by atoms with van der Waals surface area (Å²) in [6.45, 7) is 6.93. The van der Waals surface area contributed by atoms with E-state index in [4.69, 9.17) is 0 Å². The summed E-state index contributed by atoms with van der Waals surface area (Å²) >= 11 is 0. The highest BCUT2D eigenvalue weighted by Crippen LogP contribution is 2.19. The molecule has 1 rings (SSSR count). The van der Waals surface area contributed by atoms with Crippen LogP contribution in [0.3, 0.4) is 0 Å². The van der Waals surface area contributed by atoms with Crippen LogP contribution in [-0.2, 0) is 19.3 Å². The summed E-state index contributed by atoms with van der Waals surface area (Å²) in [7, 11) is 0. The van der Waals surface area contributed by atoms with E-state index < -0.39 is 0 Å². The second kappa shape index (κ2) is 23.9. The number of benzene rings is 1. The third kappa shape index (κ3) is 18.5. The van der Waals surface area contributed by atoms with Crippen molar-refractivity contribution in [2.45, 2.75) is 181 Å². The van der Waals surface area contributed by atoms with Gasteiger partial charge in [-0.15, -0.1) is 0 Å². The lowest BCUT2D eigenvalue weighted by atomic mass is 9.95. The Morgan fingerprint density at radius 2 is 0.529 bits per heavy atom. The van der Waals surface area contributed by atoms with Crippen LogP contribution < -0.4 is 0 Å². The molecular formula is C34H62. The van der Waals surface area contributed by atoms with Crippen LogP contribution in [-0.4, -0.2) is 0 Å². The molecule has 1 aromatic carbocycles. The van der Waals surface area contributed by atoms with Crippen LogP contribution in [0.1, 0.15) is 179 Å². The van der Waals surface area contributed by atoms with Crippen LogP contribution in [0.4, 0.5) is 0 Å². The maximum absolute atomic E-state index is 2.55. The first-order chi connectivity index (χ1) is 16.8. The zero-order chi connectivity index (χ0) is 24.5. The lowest BCUT2D eigenvalue weighted by molar-refractivity contribution is 0.555. The van der Waals surface area contributed by atoms with Crippen molar-refractivity contribution in [1.82, 2.24) is 0 Å². The maximum atomic E-state index is 2.55. The summed E-state index contributed by atoms with van der Waals surface area (Å²) in [5.41, 5.74) is 4.85. The fourth-order valence-electron chi connectivity index (χ4n) is 5.29. The Hall–Kier alpha value is -0.780. The number of unbranched alkanes of at least 4 members (excludes halogenated alkanes) is 19. The minimum atomic E-state index is 1.27. The highest BCUT2D eigenvalue weighted by Gasteiger charge is 2.03. The van der Waals surface area contributed by atoms with Crippen LogP contribution in [0.2, 0.25) is 0 Å². The molecule has 0 amide bonds. The average Bonchev–Trinajstić information content (AvgIpc) is 2.85. The Morgan fingerprint density at radius 1 is 0.294 bits per heavy atom. The summed E-state index contributed by atoms with van der Waals surface area (Å²) < 4.78 is 0. The van der Waals surface area contributed by atoms with Crippen LogP contribution in [0, 0.1) is 0 Å². The second-order valence-corrected chi connectivity index (χ2v) is 11.1. The molecular weight excluding hydrogens is 408 g/mol. The number of aryl methyl sites for hydroxylation is 3. The molecule has 0 spiro atoms. The van der Waals surface area contributed by atoms with Crippen molar-refractivity contribution in [3.8, 4) is 0 Å². The van der Waals surface area contributed by atoms with Gasteiger partial charge in [0.1, 0.15) is 0 Å². The van der Waals surface area contributed by atoms with E-state index in [1.165, 1.54) is 161 Å². The molecule has 1 aromatic rings. The Balaban J connectivity index is 2.24. The zero-order valence-electron chi connectivity index (χ0n) is 23.9. The Bertz CT molecular complexity index is 501. The van der Waals surface area contributed by atoms with E-state index in [0.29, 0.717) is 0 Å². The van der Waals surface area contributed by atoms with Gasteiger partial charge in [-0.3, -0.25) is 0 Å². The number of rotatable bonds is 25. The van der Waals surface area contributed by atoms with E-state index in [2.05, 4.69) is 39.0 Å². The fourth-order valence-corrected chi connectivity index (χ4v) is 5.29. The molecule has 0 aliphatic carbocycles. The second-order valence-electron chi connectivity index (χ2n) is 11.1. The van der Waals surface area contributed by atoms with Gasteiger partial charge in [0.2, 0.25) is 0 Å². The lowest BCUT2D eigenvalue weighted by Crippen LogP contribution is -1.96. The highest BCUT2D eigenvalue weighted by molar-refractivity contribution is 5.30. The average molecular weight is 471 g/mol. The quantitative estimate of drug-likeness (QED) is 0.125. The largest absolute Gasteiger partial charge is 0.0654 e. The zero-order valence-corrected chi connectivity index (χ0v) is 23.9. The Kier molecular flexibility index (Phi) is 22.0. The molecule has 0 heterocycles. The topological polar surface area (TPSA) is 0 Å². The van der Waals surface area contributed by atoms with Crippen molar-refractivity contribution >= 4 is 0 Å². The molecule has 34 heavy (non-hydrogen) atoms. The van der Waals surface area contributed by atoms with Crippen LogP contribution >= 0.6 is 0 Å². The van der Waals surface area contributed by atoms with Gasteiger partial charge in [-0.1, -0.05) is 161 Å². The molecule has 0 fully saturated rings. The molecule has 0 aliphatic rings. The standard InChI is InChI=1S/C34H62/c1-4-7-10-12-14-16-18-20-22-24-27-33-29-32(26-9-6-3)30-34(31-33)28-25-23-21-19-17-15-13-11-8-5-2/h29-31H,4-28H2,1-3H3. The van der Waals surface area contributed by atoms with E-state index in [0.717, 1.165) is 0 Å². The Labute approximate surface area is 216 Å². The molecule has 0 aliphatic heterocycles. The van der Waals surface area contributed by atoms with Crippen molar-refractivity contribution in [3.63, 3.8) is 0 Å². The van der Waals surface area contributed by atoms with Gasteiger partial charge < -0.3 is 0 Å². The summed E-state index contributed by atoms with van der Waals surface area (Å²) in [6, 6.07) is 7.62. The van der Waals surface area contributed by atoms with Crippen molar-refractivity contribution in [3.05, 3.63) is 34.9 Å². The van der Waals surface area contributed by atoms with Gasteiger partial charge in [0, 0.05) is 0 Å². The van der Waals surface area contributed by atoms with Gasteiger partial charge in [-0.2, -0.15) is 0 Å². The summed E-state index contributed by atoms with van der Waals surface area (Å²) in [5.74, 6) is 0. The number of hydrogen-bond donors (Lipinski definition) is 0. The van der Waals surface area contributed by atoms with E-state index in [-0.39, 0.29) is 0 Å². The van der Waals surface area contributed by atoms with Crippen molar-refractivity contribution < 1.29 is 0 Å². The smallest absolute Gasteiger partial charge is 0.0279 e. The summed E-state index contributed by atoms with van der Waals surface area (Å²) in [6.07, 6.45) is 35.1. The molecule has 0 unspecified atom stereocenters. The predicted molar refractivity (Wildman–Crippen MR) is 156 cm³/mol. The van der Waals surface area contributed by atoms with Gasteiger partial charge >= 0.3 is 0 Å². The van der Waals surface area contributed by atoms with Gasteiger partial charge in [-0.25, -0.2) is 0 Å². The normalized spacial score (nSPS) is 11.4. The van der Waals surface area contributed by atoms with Crippen molar-refractivity contribution in [2.24, 2.45) is 0 Å². The molecule has 0 aromatic heterocycles. The molecule has 0 bridgehead atoms. The SMILES string of the molecule is CCCCCCCCCCCCc1cc(CCCC)cc(CCCCCCCCCCCC)c1. The molecule has 0 radical (unpaired) electrons. The first kappa shape index (κ1) is 31.3. The fraction of sp³-hybridized carbons (Fsp3) is 0.824. The van der Waals surface area contributed by atoms with Gasteiger partial charge in [0.15, 0.2) is 0 Å². The predicted octanol–water partition coefficient (Wildman–Crippen LogP) is 12.0. The summed E-state index contributed by atoms with van der Waals surface area (Å²) in [5, 5.41) is 0. The first-order valence-electron chi connectivity index (χ1n) is 15.9. The van der Waals surface area contributed by atoms with E-state index in [9.17, 15) is 0 Å². The van der Waals surface area contributed by atoms with Crippen LogP contribution in [0.25, 0.3) is 0 Å². The third-order valence-corrected chi connectivity index (χ3v) is 7.57. The molecule has 0 heteroatoms. The van der Waals surface area contributed by atoms with Crippen LogP contribution in [0.15, 0.2) is 18.2 Å². The van der Waals surface area contributed by atoms with E-state index in [1.807, 2.05) is 0 Å².